The van der Waals surface area contributed by atoms with Crippen LogP contribution >= 0.6 is 11.3 Å². The van der Waals surface area contributed by atoms with Gasteiger partial charge in [-0.2, -0.15) is 0 Å². The van der Waals surface area contributed by atoms with Gasteiger partial charge in [0.15, 0.2) is 5.13 Å². The van der Waals surface area contributed by atoms with Gasteiger partial charge in [0.1, 0.15) is 5.41 Å². The van der Waals surface area contributed by atoms with Gasteiger partial charge in [-0.15, -0.1) is 11.3 Å². The molecule has 214 valence electrons. The largest absolute Gasteiger partial charge is 0.348 e. The maximum atomic E-state index is 13.9. The predicted octanol–water partition coefficient (Wildman–Crippen LogP) is 7.22. The number of carbonyl (C=O) groups excluding carboxylic acids is 1. The van der Waals surface area contributed by atoms with E-state index in [1.165, 1.54) is 16.8 Å². The zero-order valence-corrected chi connectivity index (χ0v) is 25.6. The first-order valence-electron chi connectivity index (χ1n) is 14.7. The number of para-hydroxylation sites is 1. The van der Waals surface area contributed by atoms with Gasteiger partial charge in [0.2, 0.25) is 5.91 Å². The smallest absolute Gasteiger partial charge is 0.237 e. The number of carbonyl (C=O) groups is 1. The number of thiazole rings is 1. The highest BCUT2D eigenvalue weighted by Crippen LogP contribution is 2.38. The van der Waals surface area contributed by atoms with Crippen molar-refractivity contribution in [1.82, 2.24) is 14.8 Å². The summed E-state index contributed by atoms with van der Waals surface area (Å²) in [5.74, 6) is 0.774. The lowest BCUT2D eigenvalue weighted by Gasteiger charge is -2.39. The Kier molecular flexibility index (Phi) is 9.21. The van der Waals surface area contributed by atoms with Crippen LogP contribution in [-0.4, -0.2) is 54.4 Å². The number of anilines is 2. The average molecular weight is 567 g/mol. The molecule has 0 bridgehead atoms. The predicted molar refractivity (Wildman–Crippen MR) is 171 cm³/mol. The minimum absolute atomic E-state index is 0.138. The number of likely N-dealkylation sites (tertiary alicyclic amines) is 1. The SMILES string of the molecule is Cc1cccc(C)c1Nc1nc(CC2CCN(CCC(C(=O)N(C)C)(c3ccccc3)c3ccccc3)CC2)cs1. The van der Waals surface area contributed by atoms with E-state index in [9.17, 15) is 4.79 Å². The molecule has 0 unspecified atom stereocenters. The van der Waals surface area contributed by atoms with Crippen molar-refractivity contribution in [2.75, 3.05) is 39.0 Å². The highest BCUT2D eigenvalue weighted by Gasteiger charge is 2.43. The summed E-state index contributed by atoms with van der Waals surface area (Å²) >= 11 is 1.69. The van der Waals surface area contributed by atoms with Crippen molar-refractivity contribution in [3.8, 4) is 0 Å². The minimum Gasteiger partial charge on any atom is -0.348 e. The Morgan fingerprint density at radius 3 is 2.07 bits per heavy atom. The van der Waals surface area contributed by atoms with Crippen LogP contribution in [0.25, 0.3) is 0 Å². The molecule has 0 radical (unpaired) electrons. The summed E-state index contributed by atoms with van der Waals surface area (Å²) in [6, 6.07) is 27.0. The molecule has 1 aliphatic rings. The van der Waals surface area contributed by atoms with Crippen LogP contribution in [0.15, 0.2) is 84.2 Å². The second kappa shape index (κ2) is 13.0. The zero-order valence-electron chi connectivity index (χ0n) is 24.8. The number of aryl methyl sites for hydroxylation is 2. The van der Waals surface area contributed by atoms with E-state index >= 15 is 0 Å². The summed E-state index contributed by atoms with van der Waals surface area (Å²) in [5, 5.41) is 6.73. The van der Waals surface area contributed by atoms with E-state index in [4.69, 9.17) is 4.98 Å². The van der Waals surface area contributed by atoms with Gasteiger partial charge < -0.3 is 15.1 Å². The van der Waals surface area contributed by atoms with Gasteiger partial charge in [0.25, 0.3) is 0 Å². The number of hydrogen-bond acceptors (Lipinski definition) is 5. The van der Waals surface area contributed by atoms with Crippen LogP contribution in [0, 0.1) is 19.8 Å². The maximum absolute atomic E-state index is 13.9. The molecule has 1 fully saturated rings. The Labute approximate surface area is 249 Å². The number of likely N-dealkylation sites (N-methyl/N-ethyl adjacent to an activating group) is 1. The lowest BCUT2D eigenvalue weighted by atomic mass is 9.70. The summed E-state index contributed by atoms with van der Waals surface area (Å²) in [4.78, 5) is 23.2. The molecule has 1 N–H and O–H groups in total. The lowest BCUT2D eigenvalue weighted by Crippen LogP contribution is -2.47. The van der Waals surface area contributed by atoms with Crippen LogP contribution in [0.3, 0.4) is 0 Å². The molecule has 6 heteroatoms. The average Bonchev–Trinajstić information content (AvgIpc) is 3.44. The second-order valence-corrected chi connectivity index (χ2v) is 12.5. The first-order valence-corrected chi connectivity index (χ1v) is 15.6. The van der Waals surface area contributed by atoms with E-state index in [-0.39, 0.29) is 5.91 Å². The van der Waals surface area contributed by atoms with Crippen LogP contribution in [0.2, 0.25) is 0 Å². The lowest BCUT2D eigenvalue weighted by molar-refractivity contribution is -0.133. The van der Waals surface area contributed by atoms with Gasteiger partial charge in [-0.1, -0.05) is 78.9 Å². The molecule has 5 rings (SSSR count). The van der Waals surface area contributed by atoms with Gasteiger partial charge in [-0.05, 0) is 87.3 Å². The van der Waals surface area contributed by atoms with E-state index in [1.807, 2.05) is 50.5 Å². The van der Waals surface area contributed by atoms with Gasteiger partial charge >= 0.3 is 0 Å². The van der Waals surface area contributed by atoms with Crippen molar-refractivity contribution in [3.05, 3.63) is 112 Å². The first kappa shape index (κ1) is 29.0. The zero-order chi connectivity index (χ0) is 28.8. The third kappa shape index (κ3) is 6.55. The summed E-state index contributed by atoms with van der Waals surface area (Å²) in [6.45, 7) is 7.27. The van der Waals surface area contributed by atoms with Crippen molar-refractivity contribution in [2.24, 2.45) is 5.92 Å². The molecule has 0 spiro atoms. The fourth-order valence-corrected chi connectivity index (χ4v) is 6.98. The highest BCUT2D eigenvalue weighted by atomic mass is 32.1. The summed E-state index contributed by atoms with van der Waals surface area (Å²) in [5.41, 5.74) is 6.25. The highest BCUT2D eigenvalue weighted by molar-refractivity contribution is 7.13. The number of hydrogen-bond donors (Lipinski definition) is 1. The fourth-order valence-electron chi connectivity index (χ4n) is 6.25. The van der Waals surface area contributed by atoms with Crippen molar-refractivity contribution in [3.63, 3.8) is 0 Å². The van der Waals surface area contributed by atoms with Crippen molar-refractivity contribution < 1.29 is 4.79 Å². The van der Waals surface area contributed by atoms with Crippen molar-refractivity contribution >= 4 is 28.1 Å². The number of piperidine rings is 1. The molecule has 0 saturated carbocycles. The molecule has 3 aromatic carbocycles. The Morgan fingerprint density at radius 2 is 1.51 bits per heavy atom. The molecule has 1 amide bonds. The molecule has 1 saturated heterocycles. The Balaban J connectivity index is 1.23. The van der Waals surface area contributed by atoms with Crippen LogP contribution in [0.1, 0.15) is 47.2 Å². The third-order valence-electron chi connectivity index (χ3n) is 8.58. The number of benzene rings is 3. The Morgan fingerprint density at radius 1 is 0.927 bits per heavy atom. The molecule has 2 heterocycles. The number of rotatable bonds is 10. The number of aromatic nitrogens is 1. The van der Waals surface area contributed by atoms with E-state index in [0.29, 0.717) is 5.92 Å². The molecular formula is C35H42N4OS. The van der Waals surface area contributed by atoms with Gasteiger partial charge in [0, 0.05) is 25.2 Å². The number of nitrogens with zero attached hydrogens (tertiary/aromatic N) is 3. The van der Waals surface area contributed by atoms with Gasteiger partial charge in [0.05, 0.1) is 5.69 Å². The van der Waals surface area contributed by atoms with E-state index in [1.54, 1.807) is 16.2 Å². The summed E-state index contributed by atoms with van der Waals surface area (Å²) in [7, 11) is 3.74. The molecule has 1 aliphatic heterocycles. The molecular weight excluding hydrogens is 524 g/mol. The molecule has 41 heavy (non-hydrogen) atoms. The van der Waals surface area contributed by atoms with Gasteiger partial charge in [-0.25, -0.2) is 4.98 Å². The summed E-state index contributed by atoms with van der Waals surface area (Å²) in [6.07, 6.45) is 4.09. The molecule has 1 aromatic heterocycles. The van der Waals surface area contributed by atoms with Crippen LogP contribution in [-0.2, 0) is 16.6 Å². The van der Waals surface area contributed by atoms with Gasteiger partial charge in [-0.3, -0.25) is 4.79 Å². The van der Waals surface area contributed by atoms with E-state index < -0.39 is 5.41 Å². The molecule has 0 atom stereocenters. The van der Waals surface area contributed by atoms with Crippen molar-refractivity contribution in [1.29, 1.82) is 0 Å². The monoisotopic (exact) mass is 566 g/mol. The Hall–Kier alpha value is -3.48. The van der Waals surface area contributed by atoms with Crippen LogP contribution < -0.4 is 5.32 Å². The quantitative estimate of drug-likeness (QED) is 0.220. The number of amides is 1. The van der Waals surface area contributed by atoms with Crippen LogP contribution in [0.4, 0.5) is 10.8 Å². The molecule has 5 nitrogen and oxygen atoms in total. The fraction of sp³-hybridized carbons (Fsp3) is 0.371. The topological polar surface area (TPSA) is 48.5 Å². The maximum Gasteiger partial charge on any atom is 0.237 e. The Bertz CT molecular complexity index is 1370. The first-order chi connectivity index (χ1) is 19.9. The minimum atomic E-state index is -0.706. The summed E-state index contributed by atoms with van der Waals surface area (Å²) < 4.78 is 0. The third-order valence-corrected chi connectivity index (χ3v) is 9.38. The number of nitrogens with one attached hydrogen (secondary N) is 1. The second-order valence-electron chi connectivity index (χ2n) is 11.6. The van der Waals surface area contributed by atoms with E-state index in [0.717, 1.165) is 67.3 Å². The standard InChI is InChI=1S/C35H42N4OS/c1-26-12-11-13-27(2)32(26)37-34-36-31(25-41-34)24-28-18-21-39(22-19-28)23-20-35(33(40)38(3)4,29-14-7-5-8-15-29)30-16-9-6-10-17-30/h5-17,25,28H,18-24H2,1-4H3,(H,36,37). The van der Waals surface area contributed by atoms with E-state index in [2.05, 4.69) is 71.9 Å². The van der Waals surface area contributed by atoms with Crippen LogP contribution in [0.5, 0.6) is 0 Å². The van der Waals surface area contributed by atoms with Crippen molar-refractivity contribution in [2.45, 2.75) is 44.9 Å². The molecule has 4 aromatic rings. The molecule has 0 aliphatic carbocycles. The normalized spacial score (nSPS) is 14.6.